The standard InChI is InChI=1S/C21H16ClNOS/c22-15-11-9-14(10-12-15)21-13-18(16-5-1-3-7-19(16)24)23-17-6-2-4-8-20(17)25-21/h1-13,18,23-24H. The SMILES string of the molecule is Oc1ccccc1C1C=C(c2ccc(Cl)cc2)Sc2ccccc2N1. The van der Waals surface area contributed by atoms with Crippen molar-refractivity contribution in [3.63, 3.8) is 0 Å². The minimum atomic E-state index is -0.122. The van der Waals surface area contributed by atoms with Crippen molar-refractivity contribution in [2.24, 2.45) is 0 Å². The molecule has 124 valence electrons. The van der Waals surface area contributed by atoms with Crippen LogP contribution in [0.15, 0.2) is 83.8 Å². The predicted molar refractivity (Wildman–Crippen MR) is 106 cm³/mol. The summed E-state index contributed by atoms with van der Waals surface area (Å²) in [5.74, 6) is 0.288. The number of anilines is 1. The summed E-state index contributed by atoms with van der Waals surface area (Å²) in [6.07, 6.45) is 2.16. The van der Waals surface area contributed by atoms with Crippen LogP contribution in [0.4, 0.5) is 5.69 Å². The van der Waals surface area contributed by atoms with Gasteiger partial charge in [-0.05, 0) is 42.0 Å². The number of halogens is 1. The number of rotatable bonds is 2. The molecule has 3 aromatic rings. The van der Waals surface area contributed by atoms with Gasteiger partial charge in [-0.25, -0.2) is 0 Å². The zero-order chi connectivity index (χ0) is 17.2. The molecule has 2 N–H and O–H groups in total. The number of para-hydroxylation sites is 2. The fourth-order valence-electron chi connectivity index (χ4n) is 2.88. The summed E-state index contributed by atoms with van der Waals surface area (Å²) >= 11 is 7.75. The molecule has 0 saturated heterocycles. The third-order valence-corrected chi connectivity index (χ3v) is 5.56. The molecule has 1 aliphatic rings. The van der Waals surface area contributed by atoms with E-state index >= 15 is 0 Å². The molecule has 0 spiro atoms. The van der Waals surface area contributed by atoms with Crippen LogP contribution in [-0.2, 0) is 0 Å². The highest BCUT2D eigenvalue weighted by Gasteiger charge is 2.20. The number of thioether (sulfide) groups is 1. The van der Waals surface area contributed by atoms with Crippen LogP contribution in [0.25, 0.3) is 4.91 Å². The fourth-order valence-corrected chi connectivity index (χ4v) is 4.08. The molecule has 0 aliphatic carbocycles. The first kappa shape index (κ1) is 16.1. The van der Waals surface area contributed by atoms with E-state index in [0.717, 1.165) is 31.6 Å². The number of nitrogens with one attached hydrogen (secondary N) is 1. The maximum absolute atomic E-state index is 10.3. The Hall–Kier alpha value is -2.36. The van der Waals surface area contributed by atoms with Gasteiger partial charge in [0.1, 0.15) is 5.75 Å². The highest BCUT2D eigenvalue weighted by molar-refractivity contribution is 8.08. The van der Waals surface area contributed by atoms with Crippen molar-refractivity contribution in [3.05, 3.63) is 95.0 Å². The Balaban J connectivity index is 1.84. The van der Waals surface area contributed by atoms with Crippen molar-refractivity contribution >= 4 is 34.0 Å². The van der Waals surface area contributed by atoms with Gasteiger partial charge >= 0.3 is 0 Å². The van der Waals surface area contributed by atoms with Gasteiger partial charge in [0, 0.05) is 26.1 Å². The number of benzene rings is 3. The monoisotopic (exact) mass is 365 g/mol. The molecule has 0 amide bonds. The summed E-state index contributed by atoms with van der Waals surface area (Å²) in [4.78, 5) is 2.28. The smallest absolute Gasteiger partial charge is 0.121 e. The van der Waals surface area contributed by atoms with E-state index in [1.807, 2.05) is 54.6 Å². The molecule has 0 fully saturated rings. The Morgan fingerprint density at radius 3 is 2.40 bits per heavy atom. The summed E-state index contributed by atoms with van der Waals surface area (Å²) in [6.45, 7) is 0. The van der Waals surface area contributed by atoms with Crippen LogP contribution in [0.2, 0.25) is 5.02 Å². The summed E-state index contributed by atoms with van der Waals surface area (Å²) in [7, 11) is 0. The zero-order valence-electron chi connectivity index (χ0n) is 13.3. The Kier molecular flexibility index (Phi) is 4.43. The second-order valence-electron chi connectivity index (χ2n) is 5.82. The minimum absolute atomic E-state index is 0.122. The summed E-state index contributed by atoms with van der Waals surface area (Å²) in [5, 5.41) is 14.6. The van der Waals surface area contributed by atoms with Crippen LogP contribution in [0.3, 0.4) is 0 Å². The van der Waals surface area contributed by atoms with Crippen LogP contribution in [-0.4, -0.2) is 5.11 Å². The van der Waals surface area contributed by atoms with Gasteiger partial charge < -0.3 is 10.4 Å². The Morgan fingerprint density at radius 2 is 1.60 bits per heavy atom. The molecule has 2 nitrogen and oxygen atoms in total. The number of hydrogen-bond donors (Lipinski definition) is 2. The molecule has 25 heavy (non-hydrogen) atoms. The van der Waals surface area contributed by atoms with Crippen molar-refractivity contribution in [1.29, 1.82) is 0 Å². The molecular weight excluding hydrogens is 350 g/mol. The van der Waals surface area contributed by atoms with Crippen LogP contribution in [0.1, 0.15) is 17.2 Å². The number of phenolic OH excluding ortho intramolecular Hbond substituents is 1. The average Bonchev–Trinajstić information content (AvgIpc) is 2.82. The highest BCUT2D eigenvalue weighted by Crippen LogP contribution is 2.44. The van der Waals surface area contributed by atoms with Gasteiger partial charge in [-0.1, -0.05) is 65.8 Å². The summed E-state index contributed by atoms with van der Waals surface area (Å²) < 4.78 is 0. The highest BCUT2D eigenvalue weighted by atomic mass is 35.5. The second-order valence-corrected chi connectivity index (χ2v) is 7.34. The van der Waals surface area contributed by atoms with Gasteiger partial charge in [-0.15, -0.1) is 0 Å². The largest absolute Gasteiger partial charge is 0.508 e. The number of hydrogen-bond acceptors (Lipinski definition) is 3. The first-order valence-electron chi connectivity index (χ1n) is 8.00. The lowest BCUT2D eigenvalue weighted by Crippen LogP contribution is -2.08. The normalized spacial score (nSPS) is 16.4. The van der Waals surface area contributed by atoms with Gasteiger partial charge in [-0.2, -0.15) is 0 Å². The van der Waals surface area contributed by atoms with Gasteiger partial charge in [-0.3, -0.25) is 0 Å². The molecule has 0 saturated carbocycles. The lowest BCUT2D eigenvalue weighted by Gasteiger charge is -2.17. The van der Waals surface area contributed by atoms with E-state index < -0.39 is 0 Å². The zero-order valence-corrected chi connectivity index (χ0v) is 14.9. The predicted octanol–water partition coefficient (Wildman–Crippen LogP) is 6.35. The molecule has 0 aromatic heterocycles. The molecule has 3 aromatic carbocycles. The van der Waals surface area contributed by atoms with E-state index in [9.17, 15) is 5.11 Å². The lowest BCUT2D eigenvalue weighted by molar-refractivity contribution is 0.467. The van der Waals surface area contributed by atoms with E-state index in [0.29, 0.717) is 0 Å². The molecular formula is C21H16ClNOS. The average molecular weight is 366 g/mol. The van der Waals surface area contributed by atoms with Crippen molar-refractivity contribution in [1.82, 2.24) is 0 Å². The Labute approximate surface area is 156 Å². The maximum Gasteiger partial charge on any atom is 0.121 e. The molecule has 1 atom stereocenters. The fraction of sp³-hybridized carbons (Fsp3) is 0.0476. The molecule has 0 bridgehead atoms. The molecule has 0 radical (unpaired) electrons. The van der Waals surface area contributed by atoms with E-state index in [4.69, 9.17) is 11.6 Å². The van der Waals surface area contributed by atoms with Crippen molar-refractivity contribution in [2.45, 2.75) is 10.9 Å². The van der Waals surface area contributed by atoms with E-state index in [-0.39, 0.29) is 11.8 Å². The number of fused-ring (bicyclic) bond motifs is 1. The Bertz CT molecular complexity index is 937. The van der Waals surface area contributed by atoms with Crippen molar-refractivity contribution in [2.75, 3.05) is 5.32 Å². The first-order valence-corrected chi connectivity index (χ1v) is 9.19. The number of aromatic hydroxyl groups is 1. The quantitative estimate of drug-likeness (QED) is 0.555. The third-order valence-electron chi connectivity index (χ3n) is 4.14. The van der Waals surface area contributed by atoms with Gasteiger partial charge in [0.2, 0.25) is 0 Å². The van der Waals surface area contributed by atoms with Gasteiger partial charge in [0.25, 0.3) is 0 Å². The second kappa shape index (κ2) is 6.87. The van der Waals surface area contributed by atoms with Crippen molar-refractivity contribution in [3.8, 4) is 5.75 Å². The van der Waals surface area contributed by atoms with Crippen LogP contribution < -0.4 is 5.32 Å². The number of phenols is 1. The molecule has 1 heterocycles. The van der Waals surface area contributed by atoms with Crippen LogP contribution in [0.5, 0.6) is 5.75 Å². The van der Waals surface area contributed by atoms with E-state index in [1.54, 1.807) is 17.8 Å². The van der Waals surface area contributed by atoms with E-state index in [1.165, 1.54) is 0 Å². The molecule has 1 unspecified atom stereocenters. The third kappa shape index (κ3) is 3.39. The molecule has 4 heteroatoms. The van der Waals surface area contributed by atoms with E-state index in [2.05, 4.69) is 23.5 Å². The lowest BCUT2D eigenvalue weighted by atomic mass is 10.0. The van der Waals surface area contributed by atoms with Gasteiger partial charge in [0.15, 0.2) is 0 Å². The Morgan fingerprint density at radius 1 is 0.880 bits per heavy atom. The van der Waals surface area contributed by atoms with Crippen LogP contribution in [0, 0.1) is 0 Å². The van der Waals surface area contributed by atoms with Crippen molar-refractivity contribution < 1.29 is 5.11 Å². The van der Waals surface area contributed by atoms with Crippen LogP contribution >= 0.6 is 23.4 Å². The van der Waals surface area contributed by atoms with Gasteiger partial charge in [0.05, 0.1) is 6.04 Å². The topological polar surface area (TPSA) is 32.3 Å². The summed E-state index contributed by atoms with van der Waals surface area (Å²) in [6, 6.07) is 23.4. The minimum Gasteiger partial charge on any atom is -0.508 e. The summed E-state index contributed by atoms with van der Waals surface area (Å²) in [5.41, 5.74) is 3.01. The first-order chi connectivity index (χ1) is 12.2. The molecule has 1 aliphatic heterocycles. The molecule has 4 rings (SSSR count). The maximum atomic E-state index is 10.3.